The molecule has 0 N–H and O–H groups in total. The summed E-state index contributed by atoms with van der Waals surface area (Å²) in [6.07, 6.45) is 0. The molecule has 0 fully saturated rings. The molecule has 0 aliphatic rings. The summed E-state index contributed by atoms with van der Waals surface area (Å²) in [5, 5.41) is 0. The topological polar surface area (TPSA) is 12.4 Å². The van der Waals surface area contributed by atoms with E-state index >= 15 is 0 Å². The predicted molar refractivity (Wildman–Crippen MR) is 27.9 cm³/mol. The number of rotatable bonds is 0. The van der Waals surface area contributed by atoms with Crippen molar-refractivity contribution in [3.63, 3.8) is 0 Å². The number of thiol groups is 1. The van der Waals surface area contributed by atoms with E-state index < -0.39 is 0 Å². The van der Waals surface area contributed by atoms with Gasteiger partial charge in [0.2, 0.25) is 0 Å². The normalized spacial score (nSPS) is 6.60. The van der Waals surface area contributed by atoms with Crippen molar-refractivity contribution in [2.24, 2.45) is 4.40 Å². The molecule has 1 nitrogen and oxygen atoms in total. The maximum atomic E-state index is 3.54. The van der Waals surface area contributed by atoms with E-state index in [4.69, 9.17) is 0 Å². The minimum atomic E-state index is 0.744. The average molecular weight is 217 g/mol. The molecule has 0 bridgehead atoms. The molecule has 4 heteroatoms. The number of hydrogen-bond acceptors (Lipinski definition) is 2. The molecule has 0 heterocycles. The summed E-state index contributed by atoms with van der Waals surface area (Å²) in [6.45, 7) is 0. The molecule has 0 amide bonds. The average Bonchev–Trinajstić information content (AvgIpc) is 1.38. The summed E-state index contributed by atoms with van der Waals surface area (Å²) in [5.74, 6) is 0. The van der Waals surface area contributed by atoms with Crippen molar-refractivity contribution in [3.8, 4) is 0 Å². The molecule has 28 valence electrons. The first-order valence-electron chi connectivity index (χ1n) is 0.832. The Labute approximate surface area is 52.8 Å². The van der Waals surface area contributed by atoms with Gasteiger partial charge in [0, 0.05) is 0 Å². The van der Waals surface area contributed by atoms with E-state index in [2.05, 4.69) is 49.2 Å². The van der Waals surface area contributed by atoms with E-state index in [-0.39, 0.29) is 0 Å². The molecule has 0 aromatic heterocycles. The maximum absolute atomic E-state index is 3.54. The summed E-state index contributed by atoms with van der Waals surface area (Å²) in [4.78, 5) is 0. The Bertz CT molecular complexity index is 47.6. The van der Waals surface area contributed by atoms with Crippen LogP contribution in [-0.4, -0.2) is 35.5 Å². The standard InChI is InChI=1S/CHNSSe2/c3-2-1(4)5/h3H. The van der Waals surface area contributed by atoms with E-state index in [1.54, 1.807) is 0 Å². The summed E-state index contributed by atoms with van der Waals surface area (Å²) >= 11 is 8.76. The van der Waals surface area contributed by atoms with Gasteiger partial charge in [0.1, 0.15) is 0 Å². The van der Waals surface area contributed by atoms with E-state index in [0.717, 1.165) is 3.51 Å². The van der Waals surface area contributed by atoms with Gasteiger partial charge in [0.25, 0.3) is 0 Å². The molecule has 2 radical (unpaired) electrons. The Hall–Kier alpha value is 1.06. The first-order chi connectivity index (χ1) is 2.27. The summed E-state index contributed by atoms with van der Waals surface area (Å²) in [5.41, 5.74) is 0. The van der Waals surface area contributed by atoms with Crippen LogP contribution in [0.25, 0.3) is 0 Å². The van der Waals surface area contributed by atoms with Crippen LogP contribution in [-0.2, 0) is 0 Å². The fourth-order valence-electron chi connectivity index (χ4n) is 0. The molecule has 0 saturated carbocycles. The van der Waals surface area contributed by atoms with Gasteiger partial charge < -0.3 is 0 Å². The van der Waals surface area contributed by atoms with Crippen molar-refractivity contribution >= 4 is 48.3 Å². The summed E-state index contributed by atoms with van der Waals surface area (Å²) in [6, 6.07) is 0. The van der Waals surface area contributed by atoms with Gasteiger partial charge in [-0.3, -0.25) is 0 Å². The van der Waals surface area contributed by atoms with Crippen LogP contribution in [0.5, 0.6) is 0 Å². The molecule has 5 heavy (non-hydrogen) atoms. The number of hydrogen-bond donors (Lipinski definition) is 1. The van der Waals surface area contributed by atoms with Crippen molar-refractivity contribution in [1.29, 1.82) is 0 Å². The third-order valence-electron chi connectivity index (χ3n) is 0.0816. The molecule has 0 aliphatic heterocycles. The monoisotopic (exact) mass is 219 g/mol. The zero-order valence-corrected chi connectivity index (χ0v) is 6.53. The van der Waals surface area contributed by atoms with Crippen LogP contribution >= 0.6 is 12.8 Å². The van der Waals surface area contributed by atoms with Crippen molar-refractivity contribution in [2.75, 3.05) is 0 Å². The Kier molecular flexibility index (Phi) is 3.95. The molecule has 0 spiro atoms. The van der Waals surface area contributed by atoms with Crippen molar-refractivity contribution in [1.82, 2.24) is 0 Å². The second kappa shape index (κ2) is 3.26. The quantitative estimate of drug-likeness (QED) is 0.320. The molecule has 0 rings (SSSR count). The van der Waals surface area contributed by atoms with Crippen molar-refractivity contribution in [3.05, 3.63) is 0 Å². The molecule has 0 aromatic carbocycles. The van der Waals surface area contributed by atoms with E-state index in [0.29, 0.717) is 0 Å². The predicted octanol–water partition coefficient (Wildman–Crippen LogP) is -0.476. The zero-order valence-electron chi connectivity index (χ0n) is 2.21. The fraction of sp³-hybridized carbons (Fsp3) is 0. The van der Waals surface area contributed by atoms with Gasteiger partial charge >= 0.3 is 52.7 Å². The Morgan fingerprint density at radius 2 is 1.80 bits per heavy atom. The van der Waals surface area contributed by atoms with Gasteiger partial charge in [-0.2, -0.15) is 0 Å². The molecule has 0 atom stereocenters. The second-order valence-corrected chi connectivity index (χ2v) is 3.50. The van der Waals surface area contributed by atoms with E-state index in [1.165, 1.54) is 0 Å². The van der Waals surface area contributed by atoms with Crippen molar-refractivity contribution in [2.45, 2.75) is 0 Å². The molecule has 0 aliphatic carbocycles. The minimum absolute atomic E-state index is 0.744. The third-order valence-corrected chi connectivity index (χ3v) is 1.27. The van der Waals surface area contributed by atoms with Crippen molar-refractivity contribution < 1.29 is 0 Å². The fourth-order valence-corrected chi connectivity index (χ4v) is 0. The third kappa shape index (κ3) is 5.06. The van der Waals surface area contributed by atoms with Crippen LogP contribution in [0.2, 0.25) is 0 Å². The molecule has 0 aromatic rings. The second-order valence-electron chi connectivity index (χ2n) is 0.366. The Morgan fingerprint density at radius 3 is 1.80 bits per heavy atom. The van der Waals surface area contributed by atoms with Gasteiger partial charge in [-0.1, -0.05) is 0 Å². The van der Waals surface area contributed by atoms with Gasteiger partial charge in [-0.05, 0) is 0 Å². The molecular formula is CHNSSe2. The van der Waals surface area contributed by atoms with Crippen LogP contribution in [0.1, 0.15) is 0 Å². The van der Waals surface area contributed by atoms with Crippen LogP contribution in [0, 0.1) is 0 Å². The zero-order chi connectivity index (χ0) is 4.28. The summed E-state index contributed by atoms with van der Waals surface area (Å²) < 4.78 is 4.13. The first kappa shape index (κ1) is 6.06. The van der Waals surface area contributed by atoms with Gasteiger partial charge in [0.05, 0.1) is 0 Å². The Morgan fingerprint density at radius 1 is 1.60 bits per heavy atom. The number of nitrogens with zero attached hydrogens (tertiary/aromatic N) is 1. The van der Waals surface area contributed by atoms with Gasteiger partial charge in [-0.25, -0.2) is 0 Å². The van der Waals surface area contributed by atoms with Gasteiger partial charge in [0.15, 0.2) is 0 Å². The van der Waals surface area contributed by atoms with Crippen LogP contribution in [0.4, 0.5) is 0 Å². The van der Waals surface area contributed by atoms with Crippen LogP contribution < -0.4 is 0 Å². The SMILES string of the molecule is SN=C([Se])[Se]. The Balaban J connectivity index is 3.14. The van der Waals surface area contributed by atoms with E-state index in [9.17, 15) is 0 Å². The summed E-state index contributed by atoms with van der Waals surface area (Å²) in [7, 11) is 0. The molecular weight excluding hydrogens is 216 g/mol. The van der Waals surface area contributed by atoms with Crippen LogP contribution in [0.3, 0.4) is 0 Å². The van der Waals surface area contributed by atoms with Crippen LogP contribution in [0.15, 0.2) is 4.40 Å². The van der Waals surface area contributed by atoms with E-state index in [1.807, 2.05) is 0 Å². The van der Waals surface area contributed by atoms with Gasteiger partial charge in [-0.15, -0.1) is 0 Å². The first-order valence-corrected chi connectivity index (χ1v) is 2.94. The molecule has 0 saturated heterocycles. The molecule has 0 unspecified atom stereocenters.